The number of hydrogen-bond acceptors (Lipinski definition) is 3. The van der Waals surface area contributed by atoms with Gasteiger partial charge in [-0.1, -0.05) is 64.1 Å². The Kier molecular flexibility index (Phi) is 8.30. The monoisotopic (exact) mass is 440 g/mol. The zero-order valence-electron chi connectivity index (χ0n) is 20.1. The van der Waals surface area contributed by atoms with Crippen molar-refractivity contribution in [3.05, 3.63) is 65.5 Å². The first-order chi connectivity index (χ1) is 15.3. The van der Waals surface area contributed by atoms with Gasteiger partial charge in [0.05, 0.1) is 7.11 Å². The second kappa shape index (κ2) is 11.0. The highest BCUT2D eigenvalue weighted by Gasteiger charge is 2.37. The van der Waals surface area contributed by atoms with E-state index < -0.39 is 0 Å². The number of para-hydroxylation sites is 1. The molecular formula is C27H37FN2O2. The Labute approximate surface area is 192 Å². The summed E-state index contributed by atoms with van der Waals surface area (Å²) in [6, 6.07) is 15.1. The van der Waals surface area contributed by atoms with Gasteiger partial charge in [-0.15, -0.1) is 0 Å². The molecule has 1 aliphatic heterocycles. The summed E-state index contributed by atoms with van der Waals surface area (Å²) in [5, 5.41) is 0. The highest BCUT2D eigenvalue weighted by atomic mass is 19.1. The lowest BCUT2D eigenvalue weighted by atomic mass is 9.87. The maximum Gasteiger partial charge on any atom is 0.225 e. The number of rotatable bonds is 9. The van der Waals surface area contributed by atoms with Crippen molar-refractivity contribution in [2.75, 3.05) is 33.3 Å². The van der Waals surface area contributed by atoms with E-state index in [0.717, 1.165) is 30.9 Å². The van der Waals surface area contributed by atoms with Gasteiger partial charge in [-0.3, -0.25) is 9.69 Å². The quantitative estimate of drug-likeness (QED) is 0.538. The lowest BCUT2D eigenvalue weighted by Gasteiger charge is -2.31. The normalized spacial score (nSPS) is 19.0. The van der Waals surface area contributed by atoms with Crippen LogP contribution in [0.25, 0.3) is 0 Å². The third-order valence-electron chi connectivity index (χ3n) is 6.25. The minimum absolute atomic E-state index is 0.0330. The molecule has 0 radical (unpaired) electrons. The van der Waals surface area contributed by atoms with E-state index in [2.05, 4.69) is 24.8 Å². The Hall–Kier alpha value is -2.40. The van der Waals surface area contributed by atoms with Crippen LogP contribution in [0.5, 0.6) is 5.75 Å². The lowest BCUT2D eigenvalue weighted by molar-refractivity contribution is -0.135. The molecule has 4 nitrogen and oxygen atoms in total. The molecule has 0 bridgehead atoms. The first-order valence-corrected chi connectivity index (χ1v) is 11.7. The fraction of sp³-hybridized carbons (Fsp3) is 0.519. The van der Waals surface area contributed by atoms with Gasteiger partial charge >= 0.3 is 0 Å². The summed E-state index contributed by atoms with van der Waals surface area (Å²) in [6.07, 6.45) is 0. The van der Waals surface area contributed by atoms with Crippen molar-refractivity contribution in [2.24, 2.45) is 17.8 Å². The molecule has 0 N–H and O–H groups in total. The van der Waals surface area contributed by atoms with Gasteiger partial charge in [-0.25, -0.2) is 4.39 Å². The number of hydrogen-bond donors (Lipinski definition) is 0. The molecule has 5 heteroatoms. The average Bonchev–Trinajstić information content (AvgIpc) is 3.15. The molecule has 0 aromatic heterocycles. The van der Waals surface area contributed by atoms with Crippen molar-refractivity contribution in [2.45, 2.75) is 40.2 Å². The molecule has 2 atom stereocenters. The van der Waals surface area contributed by atoms with Gasteiger partial charge in [0.15, 0.2) is 0 Å². The zero-order valence-corrected chi connectivity index (χ0v) is 20.1. The van der Waals surface area contributed by atoms with Gasteiger partial charge in [0.2, 0.25) is 5.91 Å². The van der Waals surface area contributed by atoms with Gasteiger partial charge in [-0.05, 0) is 29.5 Å². The Morgan fingerprint density at radius 3 is 2.44 bits per heavy atom. The number of likely N-dealkylation sites (tertiary alicyclic amines) is 1. The van der Waals surface area contributed by atoms with Crippen molar-refractivity contribution in [3.8, 4) is 5.75 Å². The molecule has 174 valence electrons. The number of carbonyl (C=O) groups is 1. The third-order valence-corrected chi connectivity index (χ3v) is 6.25. The Morgan fingerprint density at radius 1 is 1.09 bits per heavy atom. The van der Waals surface area contributed by atoms with Crippen LogP contribution in [0.4, 0.5) is 4.39 Å². The summed E-state index contributed by atoms with van der Waals surface area (Å²) < 4.78 is 20.0. The average molecular weight is 441 g/mol. The number of ether oxygens (including phenoxy) is 1. The lowest BCUT2D eigenvalue weighted by Crippen LogP contribution is -2.41. The standard InChI is InChI=1S/C27H37FN2O2/c1-19(2)14-30(27(31)20(3)4)17-22-16-29(15-21-10-6-8-12-25(21)28)18-24(22)23-11-7-9-13-26(23)32-5/h6-13,19-20,22,24H,14-18H2,1-5H3. The van der Waals surface area contributed by atoms with Crippen LogP contribution in [0.3, 0.4) is 0 Å². The molecule has 3 rings (SSSR count). The molecule has 1 fully saturated rings. The number of halogens is 1. The molecule has 0 spiro atoms. The summed E-state index contributed by atoms with van der Waals surface area (Å²) in [4.78, 5) is 17.3. The maximum atomic E-state index is 14.3. The molecule has 2 unspecified atom stereocenters. The predicted molar refractivity (Wildman–Crippen MR) is 127 cm³/mol. The number of amides is 1. The second-order valence-corrected chi connectivity index (χ2v) is 9.69. The number of methoxy groups -OCH3 is 1. The highest BCUT2D eigenvalue weighted by Crippen LogP contribution is 2.38. The van der Waals surface area contributed by atoms with E-state index in [1.165, 1.54) is 6.07 Å². The first kappa shape index (κ1) is 24.2. The van der Waals surface area contributed by atoms with Crippen LogP contribution in [-0.2, 0) is 11.3 Å². The van der Waals surface area contributed by atoms with E-state index in [1.54, 1.807) is 13.2 Å². The van der Waals surface area contributed by atoms with Crippen molar-refractivity contribution in [1.29, 1.82) is 0 Å². The smallest absolute Gasteiger partial charge is 0.225 e. The zero-order chi connectivity index (χ0) is 23.3. The Bertz CT molecular complexity index is 899. The summed E-state index contributed by atoms with van der Waals surface area (Å²) >= 11 is 0. The maximum absolute atomic E-state index is 14.3. The van der Waals surface area contributed by atoms with E-state index in [4.69, 9.17) is 4.74 Å². The van der Waals surface area contributed by atoms with E-state index in [1.807, 2.05) is 49.1 Å². The van der Waals surface area contributed by atoms with Crippen LogP contribution in [0.15, 0.2) is 48.5 Å². The summed E-state index contributed by atoms with van der Waals surface area (Å²) in [7, 11) is 1.70. The minimum Gasteiger partial charge on any atom is -0.496 e. The molecule has 1 heterocycles. The fourth-order valence-corrected chi connectivity index (χ4v) is 4.81. The number of benzene rings is 2. The van der Waals surface area contributed by atoms with E-state index in [9.17, 15) is 9.18 Å². The summed E-state index contributed by atoms with van der Waals surface area (Å²) in [5.74, 6) is 1.74. The largest absolute Gasteiger partial charge is 0.496 e. The SMILES string of the molecule is COc1ccccc1C1CN(Cc2ccccc2F)CC1CN(CC(C)C)C(=O)C(C)C. The molecule has 1 saturated heterocycles. The van der Waals surface area contributed by atoms with Crippen molar-refractivity contribution in [1.82, 2.24) is 9.80 Å². The highest BCUT2D eigenvalue weighted by molar-refractivity contribution is 5.78. The molecule has 2 aromatic rings. The van der Waals surface area contributed by atoms with E-state index in [-0.39, 0.29) is 29.5 Å². The van der Waals surface area contributed by atoms with Gasteiger partial charge < -0.3 is 9.64 Å². The third kappa shape index (κ3) is 5.89. The topological polar surface area (TPSA) is 32.8 Å². The van der Waals surface area contributed by atoms with Crippen molar-refractivity contribution in [3.63, 3.8) is 0 Å². The van der Waals surface area contributed by atoms with Crippen LogP contribution in [0.1, 0.15) is 44.7 Å². The Morgan fingerprint density at radius 2 is 1.78 bits per heavy atom. The summed E-state index contributed by atoms with van der Waals surface area (Å²) in [5.41, 5.74) is 1.88. The molecule has 1 amide bonds. The van der Waals surface area contributed by atoms with Crippen LogP contribution in [0, 0.1) is 23.6 Å². The Balaban J connectivity index is 1.88. The van der Waals surface area contributed by atoms with Gasteiger partial charge in [-0.2, -0.15) is 0 Å². The van der Waals surface area contributed by atoms with Gasteiger partial charge in [0.1, 0.15) is 11.6 Å². The van der Waals surface area contributed by atoms with E-state index in [0.29, 0.717) is 24.6 Å². The molecule has 0 saturated carbocycles. The minimum atomic E-state index is -0.166. The van der Waals surface area contributed by atoms with Gasteiger partial charge in [0.25, 0.3) is 0 Å². The number of carbonyl (C=O) groups excluding carboxylic acids is 1. The number of nitrogens with zero attached hydrogens (tertiary/aromatic N) is 2. The van der Waals surface area contributed by atoms with E-state index >= 15 is 0 Å². The van der Waals surface area contributed by atoms with Crippen LogP contribution < -0.4 is 4.74 Å². The molecule has 32 heavy (non-hydrogen) atoms. The van der Waals surface area contributed by atoms with Crippen molar-refractivity contribution >= 4 is 5.91 Å². The van der Waals surface area contributed by atoms with Crippen LogP contribution in [-0.4, -0.2) is 49.0 Å². The van der Waals surface area contributed by atoms with Crippen LogP contribution >= 0.6 is 0 Å². The second-order valence-electron chi connectivity index (χ2n) is 9.69. The van der Waals surface area contributed by atoms with Crippen molar-refractivity contribution < 1.29 is 13.9 Å². The first-order valence-electron chi connectivity index (χ1n) is 11.7. The molecule has 0 aliphatic carbocycles. The molecule has 1 aliphatic rings. The predicted octanol–water partition coefficient (Wildman–Crippen LogP) is 5.19. The fourth-order valence-electron chi connectivity index (χ4n) is 4.81. The molecular weight excluding hydrogens is 403 g/mol. The summed E-state index contributed by atoms with van der Waals surface area (Å²) in [6.45, 7) is 11.9. The molecule has 2 aromatic carbocycles. The van der Waals surface area contributed by atoms with Crippen LogP contribution in [0.2, 0.25) is 0 Å². The van der Waals surface area contributed by atoms with Gasteiger partial charge in [0, 0.05) is 50.1 Å².